The van der Waals surface area contributed by atoms with E-state index in [1.165, 1.54) is 5.56 Å². The molecular formula is C17H21N3O2. The molecule has 5 nitrogen and oxygen atoms in total. The lowest BCUT2D eigenvalue weighted by atomic mass is 9.97. The largest absolute Gasteiger partial charge is 0.339 e. The molecule has 5 heteroatoms. The molecule has 1 aliphatic rings. The SMILES string of the molecule is C[C@H](CC(=O)N1CCN(C(=O)CC#N)CC1)c1ccccc1. The van der Waals surface area contributed by atoms with Crippen LogP contribution in [-0.2, 0) is 9.59 Å². The average Bonchev–Trinajstić information content (AvgIpc) is 2.56. The Hall–Kier alpha value is -2.35. The van der Waals surface area contributed by atoms with Crippen LogP contribution in [0.15, 0.2) is 30.3 Å². The van der Waals surface area contributed by atoms with Crippen LogP contribution in [0.4, 0.5) is 0 Å². The van der Waals surface area contributed by atoms with E-state index in [0.717, 1.165) is 0 Å². The number of carbonyl (C=O) groups excluding carboxylic acids is 2. The van der Waals surface area contributed by atoms with Crippen molar-refractivity contribution >= 4 is 11.8 Å². The molecule has 0 aliphatic carbocycles. The Morgan fingerprint density at radius 3 is 2.18 bits per heavy atom. The van der Waals surface area contributed by atoms with Crippen molar-refractivity contribution in [3.63, 3.8) is 0 Å². The summed E-state index contributed by atoms with van der Waals surface area (Å²) < 4.78 is 0. The Kier molecular flexibility index (Phi) is 5.54. The number of rotatable bonds is 4. The topological polar surface area (TPSA) is 64.4 Å². The lowest BCUT2D eigenvalue weighted by Gasteiger charge is -2.35. The van der Waals surface area contributed by atoms with Crippen LogP contribution in [-0.4, -0.2) is 47.8 Å². The molecule has 0 unspecified atom stereocenters. The van der Waals surface area contributed by atoms with Crippen LogP contribution in [0.3, 0.4) is 0 Å². The maximum atomic E-state index is 12.4. The van der Waals surface area contributed by atoms with Crippen LogP contribution in [0.2, 0.25) is 0 Å². The summed E-state index contributed by atoms with van der Waals surface area (Å²) in [5, 5.41) is 8.55. The van der Waals surface area contributed by atoms with Gasteiger partial charge in [0.2, 0.25) is 11.8 Å². The van der Waals surface area contributed by atoms with Crippen LogP contribution >= 0.6 is 0 Å². The lowest BCUT2D eigenvalue weighted by molar-refractivity contribution is -0.139. The summed E-state index contributed by atoms with van der Waals surface area (Å²) in [7, 11) is 0. The van der Waals surface area contributed by atoms with Crippen LogP contribution in [0, 0.1) is 11.3 Å². The van der Waals surface area contributed by atoms with E-state index < -0.39 is 0 Å². The van der Waals surface area contributed by atoms with Crippen molar-refractivity contribution in [2.24, 2.45) is 0 Å². The van der Waals surface area contributed by atoms with Gasteiger partial charge in [0.05, 0.1) is 6.07 Å². The fourth-order valence-electron chi connectivity index (χ4n) is 2.68. The maximum absolute atomic E-state index is 12.4. The van der Waals surface area contributed by atoms with E-state index in [2.05, 4.69) is 6.92 Å². The number of amides is 2. The standard InChI is InChI=1S/C17H21N3O2/c1-14(15-5-3-2-4-6-15)13-17(22)20-11-9-19(10-12-20)16(21)7-8-18/h2-6,14H,7,9-13H2,1H3/t14-/m1/s1. The summed E-state index contributed by atoms with van der Waals surface area (Å²) in [6.07, 6.45) is 0.398. The second-order valence-electron chi connectivity index (χ2n) is 5.61. The van der Waals surface area contributed by atoms with Gasteiger partial charge in [0.15, 0.2) is 0 Å². The first-order valence-electron chi connectivity index (χ1n) is 7.59. The Bertz CT molecular complexity index is 557. The number of carbonyl (C=O) groups is 2. The molecule has 0 radical (unpaired) electrons. The highest BCUT2D eigenvalue weighted by Gasteiger charge is 2.24. The summed E-state index contributed by atoms with van der Waals surface area (Å²) in [5.41, 5.74) is 1.17. The van der Waals surface area contributed by atoms with Gasteiger partial charge in [-0.2, -0.15) is 5.26 Å². The number of hydrogen-bond donors (Lipinski definition) is 0. The van der Waals surface area contributed by atoms with Gasteiger partial charge in [-0.25, -0.2) is 0 Å². The van der Waals surface area contributed by atoms with Crippen LogP contribution in [0.5, 0.6) is 0 Å². The lowest BCUT2D eigenvalue weighted by Crippen LogP contribution is -2.50. The van der Waals surface area contributed by atoms with Crippen LogP contribution in [0.25, 0.3) is 0 Å². The molecule has 0 aromatic heterocycles. The average molecular weight is 299 g/mol. The number of hydrogen-bond acceptors (Lipinski definition) is 3. The zero-order chi connectivity index (χ0) is 15.9. The minimum atomic E-state index is -0.146. The van der Waals surface area contributed by atoms with Gasteiger partial charge in [-0.1, -0.05) is 37.3 Å². The Morgan fingerprint density at radius 1 is 1.09 bits per heavy atom. The Labute approximate surface area is 131 Å². The van der Waals surface area contributed by atoms with Gasteiger partial charge in [0.1, 0.15) is 6.42 Å². The molecule has 2 amide bonds. The molecule has 1 heterocycles. The molecule has 1 aromatic rings. The molecule has 1 aliphatic heterocycles. The maximum Gasteiger partial charge on any atom is 0.236 e. The zero-order valence-electron chi connectivity index (χ0n) is 12.9. The van der Waals surface area contributed by atoms with E-state index in [9.17, 15) is 9.59 Å². The van der Waals surface area contributed by atoms with Crippen molar-refractivity contribution in [3.05, 3.63) is 35.9 Å². The van der Waals surface area contributed by atoms with Crippen molar-refractivity contribution in [2.45, 2.75) is 25.7 Å². The van der Waals surface area contributed by atoms with Gasteiger partial charge < -0.3 is 9.80 Å². The van der Waals surface area contributed by atoms with Gasteiger partial charge in [-0.15, -0.1) is 0 Å². The van der Waals surface area contributed by atoms with E-state index in [1.807, 2.05) is 41.3 Å². The molecule has 1 fully saturated rings. The molecule has 0 spiro atoms. The van der Waals surface area contributed by atoms with E-state index >= 15 is 0 Å². The fraction of sp³-hybridized carbons (Fsp3) is 0.471. The highest BCUT2D eigenvalue weighted by molar-refractivity contribution is 5.80. The smallest absolute Gasteiger partial charge is 0.236 e. The third-order valence-electron chi connectivity index (χ3n) is 4.06. The number of benzene rings is 1. The minimum absolute atomic E-state index is 0.0843. The molecule has 0 bridgehead atoms. The minimum Gasteiger partial charge on any atom is -0.339 e. The van der Waals surface area contributed by atoms with Gasteiger partial charge in [-0.05, 0) is 11.5 Å². The summed E-state index contributed by atoms with van der Waals surface area (Å²) in [6, 6.07) is 11.9. The fourth-order valence-corrected chi connectivity index (χ4v) is 2.68. The molecular weight excluding hydrogens is 278 g/mol. The monoisotopic (exact) mass is 299 g/mol. The third kappa shape index (κ3) is 4.08. The number of nitriles is 1. The predicted octanol–water partition coefficient (Wildman–Crippen LogP) is 1.76. The van der Waals surface area contributed by atoms with Gasteiger partial charge in [0.25, 0.3) is 0 Å². The summed E-state index contributed by atoms with van der Waals surface area (Å²) in [6.45, 7) is 4.20. The van der Waals surface area contributed by atoms with Crippen molar-refractivity contribution in [1.82, 2.24) is 9.80 Å². The Balaban J connectivity index is 1.83. The molecule has 1 aromatic carbocycles. The molecule has 1 atom stereocenters. The summed E-state index contributed by atoms with van der Waals surface area (Å²) >= 11 is 0. The Morgan fingerprint density at radius 2 is 1.64 bits per heavy atom. The molecule has 2 rings (SSSR count). The first kappa shape index (κ1) is 16.0. The second-order valence-corrected chi connectivity index (χ2v) is 5.61. The molecule has 0 N–H and O–H groups in total. The first-order chi connectivity index (χ1) is 10.6. The molecule has 22 heavy (non-hydrogen) atoms. The normalized spacial score (nSPS) is 16.0. The molecule has 116 valence electrons. The van der Waals surface area contributed by atoms with E-state index in [4.69, 9.17) is 5.26 Å². The van der Waals surface area contributed by atoms with Crippen molar-refractivity contribution in [1.29, 1.82) is 5.26 Å². The highest BCUT2D eigenvalue weighted by atomic mass is 16.2. The number of piperazine rings is 1. The summed E-state index contributed by atoms with van der Waals surface area (Å²) in [5.74, 6) is 0.169. The van der Waals surface area contributed by atoms with E-state index in [0.29, 0.717) is 32.6 Å². The molecule has 1 saturated heterocycles. The van der Waals surface area contributed by atoms with Gasteiger partial charge in [-0.3, -0.25) is 9.59 Å². The quantitative estimate of drug-likeness (QED) is 0.851. The van der Waals surface area contributed by atoms with Crippen LogP contribution < -0.4 is 0 Å². The first-order valence-corrected chi connectivity index (χ1v) is 7.59. The second kappa shape index (κ2) is 7.60. The predicted molar refractivity (Wildman–Crippen MR) is 82.9 cm³/mol. The molecule has 0 saturated carbocycles. The van der Waals surface area contributed by atoms with E-state index in [-0.39, 0.29) is 24.2 Å². The van der Waals surface area contributed by atoms with Gasteiger partial charge >= 0.3 is 0 Å². The van der Waals surface area contributed by atoms with Crippen molar-refractivity contribution < 1.29 is 9.59 Å². The zero-order valence-corrected chi connectivity index (χ0v) is 12.9. The highest BCUT2D eigenvalue weighted by Crippen LogP contribution is 2.20. The number of nitrogens with zero attached hydrogens (tertiary/aromatic N) is 3. The van der Waals surface area contributed by atoms with Crippen molar-refractivity contribution in [2.75, 3.05) is 26.2 Å². The van der Waals surface area contributed by atoms with Crippen molar-refractivity contribution in [3.8, 4) is 6.07 Å². The third-order valence-corrected chi connectivity index (χ3v) is 4.06. The van der Waals surface area contributed by atoms with Gasteiger partial charge in [0, 0.05) is 32.6 Å². The summed E-state index contributed by atoms with van der Waals surface area (Å²) in [4.78, 5) is 27.5. The van der Waals surface area contributed by atoms with Crippen LogP contribution in [0.1, 0.15) is 31.2 Å². The van der Waals surface area contributed by atoms with E-state index in [1.54, 1.807) is 4.90 Å².